The number of rotatable bonds is 7. The van der Waals surface area contributed by atoms with Gasteiger partial charge in [0.25, 0.3) is 0 Å². The summed E-state index contributed by atoms with van der Waals surface area (Å²) in [6.45, 7) is 4.35. The van der Waals surface area contributed by atoms with E-state index in [-0.39, 0.29) is 24.0 Å². The average Bonchev–Trinajstić information content (AvgIpc) is 3.08. The van der Waals surface area contributed by atoms with Crippen molar-refractivity contribution in [2.45, 2.75) is 13.3 Å². The van der Waals surface area contributed by atoms with Gasteiger partial charge < -0.3 is 15.0 Å². The molecule has 0 spiro atoms. The highest BCUT2D eigenvalue weighted by molar-refractivity contribution is 14.0. The van der Waals surface area contributed by atoms with E-state index in [1.807, 2.05) is 19.2 Å². The number of ether oxygens (including phenoxy) is 1. The van der Waals surface area contributed by atoms with Gasteiger partial charge in [-0.1, -0.05) is 23.8 Å². The lowest BCUT2D eigenvalue weighted by Crippen LogP contribution is -2.41. The summed E-state index contributed by atoms with van der Waals surface area (Å²) in [5.41, 5.74) is 1.24. The predicted octanol–water partition coefficient (Wildman–Crippen LogP) is 3.80. The van der Waals surface area contributed by atoms with Gasteiger partial charge in [-0.05, 0) is 36.9 Å². The average molecular weight is 459 g/mol. The minimum Gasteiger partial charge on any atom is -0.492 e. The molecular formula is C18H26IN3OS. The third-order valence-corrected chi connectivity index (χ3v) is 4.46. The summed E-state index contributed by atoms with van der Waals surface area (Å²) in [4.78, 5) is 7.87. The Labute approximate surface area is 166 Å². The van der Waals surface area contributed by atoms with Crippen LogP contribution in [0.1, 0.15) is 10.4 Å². The Bertz CT molecular complexity index is 599. The van der Waals surface area contributed by atoms with Crippen molar-refractivity contribution < 1.29 is 4.74 Å². The highest BCUT2D eigenvalue weighted by Gasteiger charge is 2.06. The van der Waals surface area contributed by atoms with Crippen LogP contribution < -0.4 is 10.1 Å². The summed E-state index contributed by atoms with van der Waals surface area (Å²) in [5, 5.41) is 5.45. The summed E-state index contributed by atoms with van der Waals surface area (Å²) in [7, 11) is 3.87. The van der Waals surface area contributed by atoms with Crippen molar-refractivity contribution in [1.29, 1.82) is 0 Å². The zero-order chi connectivity index (χ0) is 16.5. The molecule has 0 fully saturated rings. The first-order valence-corrected chi connectivity index (χ1v) is 8.70. The molecule has 0 aliphatic carbocycles. The summed E-state index contributed by atoms with van der Waals surface area (Å²) < 4.78 is 5.72. The van der Waals surface area contributed by atoms with Crippen LogP contribution >= 0.6 is 35.3 Å². The minimum atomic E-state index is 0. The fourth-order valence-corrected chi connectivity index (χ4v) is 2.89. The molecule has 4 nitrogen and oxygen atoms in total. The number of benzene rings is 1. The molecule has 132 valence electrons. The predicted molar refractivity (Wildman–Crippen MR) is 114 cm³/mol. The zero-order valence-corrected chi connectivity index (χ0v) is 17.6. The molecule has 0 radical (unpaired) electrons. The molecule has 1 aromatic heterocycles. The number of hydrogen-bond donors (Lipinski definition) is 1. The highest BCUT2D eigenvalue weighted by atomic mass is 127. The van der Waals surface area contributed by atoms with Gasteiger partial charge in [-0.3, -0.25) is 4.99 Å². The number of likely N-dealkylation sites (N-methyl/N-ethyl adjacent to an activating group) is 1. The van der Waals surface area contributed by atoms with E-state index in [0.717, 1.165) is 31.2 Å². The topological polar surface area (TPSA) is 36.9 Å². The summed E-state index contributed by atoms with van der Waals surface area (Å²) >= 11 is 1.80. The second-order valence-electron chi connectivity index (χ2n) is 5.39. The molecule has 2 rings (SSSR count). The van der Waals surface area contributed by atoms with E-state index in [0.29, 0.717) is 6.61 Å². The van der Waals surface area contributed by atoms with Gasteiger partial charge in [-0.25, -0.2) is 0 Å². The van der Waals surface area contributed by atoms with Crippen LogP contribution in [0, 0.1) is 6.92 Å². The molecule has 0 saturated heterocycles. The first kappa shape index (κ1) is 20.8. The van der Waals surface area contributed by atoms with Crippen LogP contribution in [0.15, 0.2) is 46.8 Å². The molecule has 0 bridgehead atoms. The van der Waals surface area contributed by atoms with Crippen molar-refractivity contribution in [3.05, 3.63) is 52.2 Å². The standard InChI is InChI=1S/C18H25N3OS.HI/c1-15-6-8-16(9-7-15)22-13-11-20-18(19-2)21(3)12-10-17-5-4-14-23-17;/h4-9,14H,10-13H2,1-3H3,(H,19,20);1H. The summed E-state index contributed by atoms with van der Waals surface area (Å²) in [6.07, 6.45) is 1.04. The van der Waals surface area contributed by atoms with Crippen LogP contribution in [0.4, 0.5) is 0 Å². The maximum absolute atomic E-state index is 5.72. The SMILES string of the molecule is CN=C(NCCOc1ccc(C)cc1)N(C)CCc1cccs1.I. The fourth-order valence-electron chi connectivity index (χ4n) is 2.19. The van der Waals surface area contributed by atoms with Crippen molar-refractivity contribution in [3.63, 3.8) is 0 Å². The smallest absolute Gasteiger partial charge is 0.193 e. The Morgan fingerprint density at radius 1 is 1.25 bits per heavy atom. The highest BCUT2D eigenvalue weighted by Crippen LogP contribution is 2.11. The molecule has 0 saturated carbocycles. The summed E-state index contributed by atoms with van der Waals surface area (Å²) in [5.74, 6) is 1.80. The van der Waals surface area contributed by atoms with Gasteiger partial charge >= 0.3 is 0 Å². The molecule has 0 unspecified atom stereocenters. The second kappa shape index (κ2) is 11.3. The van der Waals surface area contributed by atoms with E-state index >= 15 is 0 Å². The Morgan fingerprint density at radius 3 is 2.62 bits per heavy atom. The minimum absolute atomic E-state index is 0. The van der Waals surface area contributed by atoms with Gasteiger partial charge in [-0.2, -0.15) is 0 Å². The molecule has 0 aliphatic heterocycles. The molecule has 6 heteroatoms. The van der Waals surface area contributed by atoms with Crippen LogP contribution in [0.3, 0.4) is 0 Å². The van der Waals surface area contributed by atoms with Crippen molar-refractivity contribution in [2.75, 3.05) is 33.8 Å². The largest absolute Gasteiger partial charge is 0.492 e. The lowest BCUT2D eigenvalue weighted by Gasteiger charge is -2.21. The summed E-state index contributed by atoms with van der Waals surface area (Å²) in [6, 6.07) is 12.4. The van der Waals surface area contributed by atoms with E-state index in [2.05, 4.69) is 58.8 Å². The Morgan fingerprint density at radius 2 is 2.00 bits per heavy atom. The molecule has 2 aromatic rings. The van der Waals surface area contributed by atoms with Gasteiger partial charge in [0.1, 0.15) is 12.4 Å². The van der Waals surface area contributed by atoms with Gasteiger partial charge in [0.2, 0.25) is 0 Å². The third kappa shape index (κ3) is 7.09. The van der Waals surface area contributed by atoms with E-state index in [4.69, 9.17) is 4.74 Å². The number of hydrogen-bond acceptors (Lipinski definition) is 3. The molecule has 24 heavy (non-hydrogen) atoms. The Balaban J connectivity index is 0.00000288. The number of halogens is 1. The van der Waals surface area contributed by atoms with Gasteiger partial charge in [0, 0.05) is 25.5 Å². The van der Waals surface area contributed by atoms with Crippen LogP contribution in [0.25, 0.3) is 0 Å². The van der Waals surface area contributed by atoms with Crippen molar-refractivity contribution in [3.8, 4) is 5.75 Å². The van der Waals surface area contributed by atoms with Gasteiger partial charge in [0.15, 0.2) is 5.96 Å². The monoisotopic (exact) mass is 459 g/mol. The number of nitrogens with zero attached hydrogens (tertiary/aromatic N) is 2. The number of nitrogens with one attached hydrogen (secondary N) is 1. The van der Waals surface area contributed by atoms with Crippen molar-refractivity contribution >= 4 is 41.3 Å². The first-order chi connectivity index (χ1) is 11.2. The quantitative estimate of drug-likeness (QED) is 0.296. The van der Waals surface area contributed by atoms with Crippen LogP contribution in [-0.2, 0) is 6.42 Å². The van der Waals surface area contributed by atoms with E-state index < -0.39 is 0 Å². The van der Waals surface area contributed by atoms with E-state index in [1.54, 1.807) is 11.3 Å². The molecule has 1 aromatic carbocycles. The third-order valence-electron chi connectivity index (χ3n) is 3.52. The second-order valence-corrected chi connectivity index (χ2v) is 6.42. The van der Waals surface area contributed by atoms with E-state index in [9.17, 15) is 0 Å². The number of thiophene rings is 1. The molecule has 0 amide bonds. The number of guanidine groups is 1. The lowest BCUT2D eigenvalue weighted by atomic mass is 10.2. The van der Waals surface area contributed by atoms with Crippen LogP contribution in [0.2, 0.25) is 0 Å². The lowest BCUT2D eigenvalue weighted by molar-refractivity contribution is 0.319. The van der Waals surface area contributed by atoms with Crippen LogP contribution in [0.5, 0.6) is 5.75 Å². The van der Waals surface area contributed by atoms with Crippen molar-refractivity contribution in [2.24, 2.45) is 4.99 Å². The molecular weight excluding hydrogens is 433 g/mol. The van der Waals surface area contributed by atoms with Crippen molar-refractivity contribution in [1.82, 2.24) is 10.2 Å². The maximum atomic E-state index is 5.72. The number of aliphatic imine (C=N–C) groups is 1. The fraction of sp³-hybridized carbons (Fsp3) is 0.389. The Kier molecular flexibility index (Phi) is 9.78. The van der Waals surface area contributed by atoms with Crippen LogP contribution in [-0.4, -0.2) is 44.7 Å². The van der Waals surface area contributed by atoms with Gasteiger partial charge in [-0.15, -0.1) is 35.3 Å². The van der Waals surface area contributed by atoms with Gasteiger partial charge in [0.05, 0.1) is 6.54 Å². The number of aryl methyl sites for hydroxylation is 1. The van der Waals surface area contributed by atoms with E-state index in [1.165, 1.54) is 10.4 Å². The molecule has 0 atom stereocenters. The zero-order valence-electron chi connectivity index (χ0n) is 14.5. The molecule has 1 heterocycles. The molecule has 1 N–H and O–H groups in total. The normalized spacial score (nSPS) is 10.9. The Hall–Kier alpha value is -1.28. The first-order valence-electron chi connectivity index (χ1n) is 7.82. The molecule has 0 aliphatic rings. The maximum Gasteiger partial charge on any atom is 0.193 e.